The smallest absolute Gasteiger partial charge is 0.315 e. The van der Waals surface area contributed by atoms with Crippen LogP contribution in [-0.2, 0) is 9.53 Å². The van der Waals surface area contributed by atoms with Crippen LogP contribution in [0.4, 0.5) is 0 Å². The number of carbonyl (C=O) groups excluding carboxylic acids is 1. The Labute approximate surface area is 158 Å². The second-order valence-electron chi connectivity index (χ2n) is 6.61. The molecule has 1 fully saturated rings. The van der Waals surface area contributed by atoms with Crippen molar-refractivity contribution in [3.05, 3.63) is 53.6 Å². The van der Waals surface area contributed by atoms with Gasteiger partial charge in [0, 0.05) is 12.0 Å². The Balaban J connectivity index is 1.97. The summed E-state index contributed by atoms with van der Waals surface area (Å²) in [6.45, 7) is 0. The molecule has 1 unspecified atom stereocenters. The van der Waals surface area contributed by atoms with Crippen LogP contribution in [-0.4, -0.2) is 39.5 Å². The summed E-state index contributed by atoms with van der Waals surface area (Å²) in [4.78, 5) is 12.7. The van der Waals surface area contributed by atoms with Gasteiger partial charge in [-0.2, -0.15) is 0 Å². The fourth-order valence-electron chi connectivity index (χ4n) is 3.64. The topological polar surface area (TPSA) is 74.2 Å². The van der Waals surface area contributed by atoms with Crippen LogP contribution < -0.4 is 14.2 Å². The quantitative estimate of drug-likeness (QED) is 0.753. The van der Waals surface area contributed by atoms with Gasteiger partial charge in [0.15, 0.2) is 0 Å². The van der Waals surface area contributed by atoms with E-state index in [1.165, 1.54) is 21.3 Å². The Kier molecular flexibility index (Phi) is 5.28. The highest BCUT2D eigenvalue weighted by atomic mass is 16.5. The molecule has 3 atom stereocenters. The van der Waals surface area contributed by atoms with Crippen LogP contribution in [0.15, 0.2) is 42.5 Å². The minimum atomic E-state index is -1.05. The molecule has 3 rings (SSSR count). The van der Waals surface area contributed by atoms with Crippen molar-refractivity contribution in [2.75, 3.05) is 28.4 Å². The van der Waals surface area contributed by atoms with Crippen molar-refractivity contribution in [2.24, 2.45) is 5.41 Å². The number of aliphatic hydroxyl groups excluding tert-OH is 1. The van der Waals surface area contributed by atoms with Crippen LogP contribution >= 0.6 is 0 Å². The summed E-state index contributed by atoms with van der Waals surface area (Å²) in [6, 6.07) is 12.6. The van der Waals surface area contributed by atoms with Crippen LogP contribution in [0.2, 0.25) is 0 Å². The summed E-state index contributed by atoms with van der Waals surface area (Å²) in [5, 5.41) is 11.1. The zero-order valence-corrected chi connectivity index (χ0v) is 15.9. The zero-order valence-electron chi connectivity index (χ0n) is 15.9. The molecule has 0 bridgehead atoms. The minimum Gasteiger partial charge on any atom is -0.497 e. The van der Waals surface area contributed by atoms with Gasteiger partial charge in [-0.15, -0.1) is 0 Å². The van der Waals surface area contributed by atoms with Crippen molar-refractivity contribution in [3.63, 3.8) is 0 Å². The standard InChI is InChI=1S/C21H24O6/c1-24-15-7-5-13(6-8-15)18-12-21(18,20(23)27-4)19(22)14-9-16(25-2)11-17(10-14)26-3/h5-11,18-19,22H,12H2,1-4H3/t18-,19?,21-/m0/s1. The first-order chi connectivity index (χ1) is 13.0. The van der Waals surface area contributed by atoms with E-state index in [4.69, 9.17) is 18.9 Å². The van der Waals surface area contributed by atoms with Crippen LogP contribution in [0, 0.1) is 5.41 Å². The predicted octanol–water partition coefficient (Wildman–Crippen LogP) is 3.09. The van der Waals surface area contributed by atoms with Crippen molar-refractivity contribution in [1.29, 1.82) is 0 Å². The molecule has 0 aromatic heterocycles. The van der Waals surface area contributed by atoms with E-state index in [0.29, 0.717) is 23.5 Å². The van der Waals surface area contributed by atoms with Gasteiger partial charge in [0.05, 0.1) is 34.5 Å². The van der Waals surface area contributed by atoms with Gasteiger partial charge in [-0.05, 0) is 41.8 Å². The van der Waals surface area contributed by atoms with Crippen LogP contribution in [0.25, 0.3) is 0 Å². The fraction of sp³-hybridized carbons (Fsp3) is 0.381. The molecule has 1 aliphatic rings. The van der Waals surface area contributed by atoms with Crippen molar-refractivity contribution in [1.82, 2.24) is 0 Å². The van der Waals surface area contributed by atoms with E-state index in [2.05, 4.69) is 0 Å². The van der Waals surface area contributed by atoms with Gasteiger partial charge < -0.3 is 24.1 Å². The summed E-state index contributed by atoms with van der Waals surface area (Å²) >= 11 is 0. The van der Waals surface area contributed by atoms with Crippen molar-refractivity contribution in [3.8, 4) is 17.2 Å². The lowest BCUT2D eigenvalue weighted by Crippen LogP contribution is -2.27. The highest BCUT2D eigenvalue weighted by Gasteiger charge is 2.66. The summed E-state index contributed by atoms with van der Waals surface area (Å²) < 4.78 is 20.8. The molecule has 6 nitrogen and oxygen atoms in total. The van der Waals surface area contributed by atoms with Gasteiger partial charge >= 0.3 is 5.97 Å². The number of rotatable bonds is 7. The van der Waals surface area contributed by atoms with Gasteiger partial charge in [0.1, 0.15) is 22.7 Å². The average Bonchev–Trinajstić information content (AvgIpc) is 3.49. The molecule has 144 valence electrons. The van der Waals surface area contributed by atoms with E-state index >= 15 is 0 Å². The number of hydrogen-bond acceptors (Lipinski definition) is 6. The van der Waals surface area contributed by atoms with Gasteiger partial charge in [0.25, 0.3) is 0 Å². The molecular formula is C21H24O6. The largest absolute Gasteiger partial charge is 0.497 e. The Morgan fingerprint density at radius 1 is 0.963 bits per heavy atom. The summed E-state index contributed by atoms with van der Waals surface area (Å²) in [5.74, 6) is 1.25. The molecule has 1 N–H and O–H groups in total. The van der Waals surface area contributed by atoms with Crippen LogP contribution in [0.3, 0.4) is 0 Å². The lowest BCUT2D eigenvalue weighted by Gasteiger charge is -2.23. The number of aliphatic hydroxyl groups is 1. The highest BCUT2D eigenvalue weighted by molar-refractivity contribution is 5.83. The monoisotopic (exact) mass is 372 g/mol. The van der Waals surface area contributed by atoms with E-state index in [0.717, 1.165) is 11.3 Å². The normalized spacial score (nSPS) is 21.9. The number of esters is 1. The lowest BCUT2D eigenvalue weighted by molar-refractivity contribution is -0.152. The number of hydrogen-bond donors (Lipinski definition) is 1. The van der Waals surface area contributed by atoms with E-state index in [-0.39, 0.29) is 5.92 Å². The molecule has 0 radical (unpaired) electrons. The molecule has 0 amide bonds. The Morgan fingerprint density at radius 3 is 2.00 bits per heavy atom. The maximum absolute atomic E-state index is 12.7. The Bertz CT molecular complexity index is 794. The van der Waals surface area contributed by atoms with Crippen molar-refractivity contribution in [2.45, 2.75) is 18.4 Å². The number of ether oxygens (including phenoxy) is 4. The molecule has 0 aliphatic heterocycles. The molecule has 0 heterocycles. The highest BCUT2D eigenvalue weighted by Crippen LogP contribution is 2.66. The summed E-state index contributed by atoms with van der Waals surface area (Å²) in [5.41, 5.74) is 0.462. The third-order valence-corrected chi connectivity index (χ3v) is 5.26. The fourth-order valence-corrected chi connectivity index (χ4v) is 3.64. The molecule has 0 saturated heterocycles. The second kappa shape index (κ2) is 7.48. The number of methoxy groups -OCH3 is 4. The van der Waals surface area contributed by atoms with Gasteiger partial charge in [0.2, 0.25) is 0 Å². The van der Waals surface area contributed by atoms with E-state index in [1.807, 2.05) is 24.3 Å². The van der Waals surface area contributed by atoms with Crippen LogP contribution in [0.5, 0.6) is 17.2 Å². The van der Waals surface area contributed by atoms with Crippen LogP contribution in [0.1, 0.15) is 29.6 Å². The van der Waals surface area contributed by atoms with Crippen molar-refractivity contribution < 1.29 is 28.8 Å². The average molecular weight is 372 g/mol. The number of carbonyl (C=O) groups is 1. The molecule has 2 aromatic rings. The molecule has 27 heavy (non-hydrogen) atoms. The first kappa shape index (κ1) is 19.0. The van der Waals surface area contributed by atoms with Gasteiger partial charge in [-0.3, -0.25) is 4.79 Å². The maximum atomic E-state index is 12.7. The Morgan fingerprint density at radius 2 is 1.52 bits per heavy atom. The predicted molar refractivity (Wildman–Crippen MR) is 99.3 cm³/mol. The van der Waals surface area contributed by atoms with Gasteiger partial charge in [-0.1, -0.05) is 12.1 Å². The second-order valence-corrected chi connectivity index (χ2v) is 6.61. The SMILES string of the molecule is COC(=O)[C@@]1(C(O)c2cc(OC)cc(OC)c2)C[C@H]1c1ccc(OC)cc1. The van der Waals surface area contributed by atoms with Crippen molar-refractivity contribution >= 4 is 5.97 Å². The van der Waals surface area contributed by atoms with E-state index in [9.17, 15) is 9.90 Å². The molecular weight excluding hydrogens is 348 g/mol. The Hall–Kier alpha value is -2.73. The maximum Gasteiger partial charge on any atom is 0.315 e. The molecule has 6 heteroatoms. The first-order valence-corrected chi connectivity index (χ1v) is 8.63. The third-order valence-electron chi connectivity index (χ3n) is 5.26. The zero-order chi connectivity index (χ0) is 19.6. The number of benzene rings is 2. The van der Waals surface area contributed by atoms with Gasteiger partial charge in [-0.25, -0.2) is 0 Å². The summed E-state index contributed by atoms with van der Waals surface area (Å²) in [6.07, 6.45) is -0.562. The lowest BCUT2D eigenvalue weighted by atomic mass is 9.88. The van der Waals surface area contributed by atoms with E-state index in [1.54, 1.807) is 25.3 Å². The third kappa shape index (κ3) is 3.32. The summed E-state index contributed by atoms with van der Waals surface area (Å²) in [7, 11) is 6.02. The molecule has 1 aliphatic carbocycles. The molecule has 0 spiro atoms. The first-order valence-electron chi connectivity index (χ1n) is 8.63. The van der Waals surface area contributed by atoms with E-state index < -0.39 is 17.5 Å². The molecule has 1 saturated carbocycles. The minimum absolute atomic E-state index is 0.150. The molecule has 2 aromatic carbocycles.